The van der Waals surface area contributed by atoms with Crippen LogP contribution in [0.15, 0.2) is 42.6 Å². The van der Waals surface area contributed by atoms with E-state index in [0.29, 0.717) is 11.1 Å². The van der Waals surface area contributed by atoms with Gasteiger partial charge in [0.05, 0.1) is 11.9 Å². The minimum Gasteiger partial charge on any atom is -0.324 e. The lowest BCUT2D eigenvalue weighted by Gasteiger charge is -2.05. The summed E-state index contributed by atoms with van der Waals surface area (Å²) in [6.45, 7) is 0. The zero-order valence-corrected chi connectivity index (χ0v) is 10.2. The van der Waals surface area contributed by atoms with E-state index in [1.165, 1.54) is 18.3 Å². The molecule has 2 N–H and O–H groups in total. The lowest BCUT2D eigenvalue weighted by Crippen LogP contribution is -1.92. The second kappa shape index (κ2) is 4.98. The number of benzene rings is 1. The molecule has 0 radical (unpaired) electrons. The molecule has 0 aliphatic heterocycles. The molecule has 18 heavy (non-hydrogen) atoms. The molecule has 0 fully saturated rings. The van der Waals surface area contributed by atoms with Gasteiger partial charge in [-0.15, -0.1) is 0 Å². The van der Waals surface area contributed by atoms with E-state index in [1.807, 2.05) is 0 Å². The molecule has 0 bridgehead atoms. The van der Waals surface area contributed by atoms with Crippen molar-refractivity contribution in [2.24, 2.45) is 0 Å². The first kappa shape index (κ1) is 12.9. The molecule has 0 spiro atoms. The predicted octanol–water partition coefficient (Wildman–Crippen LogP) is 2.57. The summed E-state index contributed by atoms with van der Waals surface area (Å²) in [5.74, 6) is -0.359. The van der Waals surface area contributed by atoms with E-state index in [1.54, 1.807) is 24.3 Å². The fourth-order valence-electron chi connectivity index (χ4n) is 1.58. The Balaban J connectivity index is 2.28. The Hall–Kier alpha value is -1.55. The molecular formula is C12H11FNO3P. The van der Waals surface area contributed by atoms with Crippen LogP contribution < -0.4 is 0 Å². The van der Waals surface area contributed by atoms with Crippen LogP contribution in [0.4, 0.5) is 4.39 Å². The number of aromatic nitrogens is 1. The van der Waals surface area contributed by atoms with Crippen LogP contribution in [-0.4, -0.2) is 14.8 Å². The maximum atomic E-state index is 13.5. The third-order valence-electron chi connectivity index (χ3n) is 2.38. The first-order valence-corrected chi connectivity index (χ1v) is 7.00. The van der Waals surface area contributed by atoms with E-state index >= 15 is 0 Å². The van der Waals surface area contributed by atoms with E-state index in [0.717, 1.165) is 0 Å². The Labute approximate surface area is 103 Å². The number of rotatable bonds is 3. The van der Waals surface area contributed by atoms with Gasteiger partial charge in [-0.1, -0.05) is 24.3 Å². The molecule has 6 heteroatoms. The van der Waals surface area contributed by atoms with Crippen molar-refractivity contribution in [1.82, 2.24) is 4.98 Å². The summed E-state index contributed by atoms with van der Waals surface area (Å²) in [4.78, 5) is 21.5. The van der Waals surface area contributed by atoms with Crippen molar-refractivity contribution in [2.45, 2.75) is 6.16 Å². The average molecular weight is 267 g/mol. The Bertz CT molecular complexity index is 595. The van der Waals surface area contributed by atoms with Crippen molar-refractivity contribution >= 4 is 7.60 Å². The van der Waals surface area contributed by atoms with Gasteiger partial charge >= 0.3 is 7.60 Å². The van der Waals surface area contributed by atoms with Crippen LogP contribution in [0.2, 0.25) is 0 Å². The van der Waals surface area contributed by atoms with Crippen molar-refractivity contribution < 1.29 is 18.7 Å². The first-order chi connectivity index (χ1) is 8.46. The highest BCUT2D eigenvalue weighted by Gasteiger charge is 2.15. The average Bonchev–Trinajstić information content (AvgIpc) is 2.29. The molecule has 0 aliphatic carbocycles. The highest BCUT2D eigenvalue weighted by atomic mass is 31.2. The van der Waals surface area contributed by atoms with Crippen LogP contribution in [0.5, 0.6) is 0 Å². The topological polar surface area (TPSA) is 70.4 Å². The van der Waals surface area contributed by atoms with Crippen molar-refractivity contribution in [2.75, 3.05) is 0 Å². The Kier molecular flexibility index (Phi) is 3.57. The molecule has 0 amide bonds. The van der Waals surface area contributed by atoms with Crippen molar-refractivity contribution in [3.05, 3.63) is 54.1 Å². The molecule has 1 aromatic heterocycles. The van der Waals surface area contributed by atoms with Crippen LogP contribution in [0.25, 0.3) is 11.1 Å². The van der Waals surface area contributed by atoms with Crippen LogP contribution in [0.3, 0.4) is 0 Å². The predicted molar refractivity (Wildman–Crippen MR) is 65.4 cm³/mol. The summed E-state index contributed by atoms with van der Waals surface area (Å²) in [6.07, 6.45) is 0.994. The van der Waals surface area contributed by atoms with Crippen LogP contribution in [-0.2, 0) is 10.7 Å². The fraction of sp³-hybridized carbons (Fsp3) is 0.0833. The van der Waals surface area contributed by atoms with Gasteiger partial charge in [0.1, 0.15) is 5.82 Å². The molecular weight excluding hydrogens is 256 g/mol. The van der Waals surface area contributed by atoms with Crippen molar-refractivity contribution in [3.8, 4) is 11.1 Å². The van der Waals surface area contributed by atoms with E-state index in [9.17, 15) is 8.96 Å². The normalized spacial score (nSPS) is 11.5. The van der Waals surface area contributed by atoms with Gasteiger partial charge in [0.15, 0.2) is 0 Å². The lowest BCUT2D eigenvalue weighted by atomic mass is 10.1. The molecule has 0 atom stereocenters. The maximum absolute atomic E-state index is 13.5. The summed E-state index contributed by atoms with van der Waals surface area (Å²) in [7, 11) is -4.12. The zero-order valence-electron chi connectivity index (χ0n) is 9.32. The quantitative estimate of drug-likeness (QED) is 0.838. The molecule has 0 aliphatic rings. The molecule has 0 saturated carbocycles. The van der Waals surface area contributed by atoms with Gasteiger partial charge in [-0.2, -0.15) is 0 Å². The second-order valence-corrected chi connectivity index (χ2v) is 5.49. The number of nitrogens with zero attached hydrogens (tertiary/aromatic N) is 1. The van der Waals surface area contributed by atoms with Gasteiger partial charge in [0, 0.05) is 17.3 Å². The van der Waals surface area contributed by atoms with Gasteiger partial charge in [-0.05, 0) is 12.1 Å². The minimum atomic E-state index is -4.12. The van der Waals surface area contributed by atoms with E-state index in [2.05, 4.69) is 4.98 Å². The monoisotopic (exact) mass is 267 g/mol. The highest BCUT2D eigenvalue weighted by molar-refractivity contribution is 7.50. The smallest absolute Gasteiger partial charge is 0.324 e. The van der Waals surface area contributed by atoms with Gasteiger partial charge in [-0.3, -0.25) is 9.55 Å². The largest absolute Gasteiger partial charge is 0.331 e. The second-order valence-electron chi connectivity index (χ2n) is 3.84. The first-order valence-electron chi connectivity index (χ1n) is 5.20. The van der Waals surface area contributed by atoms with Crippen LogP contribution >= 0.6 is 7.60 Å². The maximum Gasteiger partial charge on any atom is 0.331 e. The molecule has 2 aromatic rings. The number of halogens is 1. The molecule has 94 valence electrons. The van der Waals surface area contributed by atoms with E-state index < -0.39 is 13.8 Å². The van der Waals surface area contributed by atoms with Gasteiger partial charge in [0.2, 0.25) is 0 Å². The molecule has 1 heterocycles. The molecule has 1 aromatic carbocycles. The third kappa shape index (κ3) is 3.23. The van der Waals surface area contributed by atoms with E-state index in [-0.39, 0.29) is 11.5 Å². The zero-order chi connectivity index (χ0) is 13.2. The fourth-order valence-corrected chi connectivity index (χ4v) is 2.19. The lowest BCUT2D eigenvalue weighted by molar-refractivity contribution is 0.371. The summed E-state index contributed by atoms with van der Waals surface area (Å²) in [6, 6.07) is 9.35. The van der Waals surface area contributed by atoms with Gasteiger partial charge in [-0.25, -0.2) is 4.39 Å². The van der Waals surface area contributed by atoms with E-state index in [4.69, 9.17) is 9.79 Å². The summed E-state index contributed by atoms with van der Waals surface area (Å²) in [5, 5.41) is 0. The summed E-state index contributed by atoms with van der Waals surface area (Å²) in [5.41, 5.74) is 1.26. The Morgan fingerprint density at radius 2 is 1.89 bits per heavy atom. The number of pyridine rings is 1. The third-order valence-corrected chi connectivity index (χ3v) is 3.11. The Morgan fingerprint density at radius 1 is 1.17 bits per heavy atom. The highest BCUT2D eigenvalue weighted by Crippen LogP contribution is 2.38. The number of hydrogen-bond acceptors (Lipinski definition) is 2. The SMILES string of the molecule is O=P(O)(O)Cc1ccc(-c2ccccc2F)cn1. The molecule has 4 nitrogen and oxygen atoms in total. The standard InChI is InChI=1S/C12H11FNO3P/c13-12-4-2-1-3-11(12)9-5-6-10(14-7-9)8-18(15,16)17/h1-7H,8H2,(H2,15,16,17). The van der Waals surface area contributed by atoms with Crippen LogP contribution in [0.1, 0.15) is 5.69 Å². The summed E-state index contributed by atoms with van der Waals surface area (Å²) < 4.78 is 24.3. The molecule has 2 rings (SSSR count). The Morgan fingerprint density at radius 3 is 2.44 bits per heavy atom. The molecule has 0 saturated heterocycles. The van der Waals surface area contributed by atoms with Gasteiger partial charge in [0.25, 0.3) is 0 Å². The van der Waals surface area contributed by atoms with Crippen molar-refractivity contribution in [3.63, 3.8) is 0 Å². The molecule has 0 unspecified atom stereocenters. The summed E-state index contributed by atoms with van der Waals surface area (Å²) >= 11 is 0. The van der Waals surface area contributed by atoms with Gasteiger partial charge < -0.3 is 9.79 Å². The number of hydrogen-bond donors (Lipinski definition) is 2. The minimum absolute atomic E-state index is 0.281. The van der Waals surface area contributed by atoms with Crippen molar-refractivity contribution in [1.29, 1.82) is 0 Å². The van der Waals surface area contributed by atoms with Crippen LogP contribution in [0, 0.1) is 5.82 Å².